The van der Waals surface area contributed by atoms with Crippen LogP contribution in [0.15, 0.2) is 65.6 Å². The van der Waals surface area contributed by atoms with Gasteiger partial charge in [-0.15, -0.1) is 0 Å². The van der Waals surface area contributed by atoms with Gasteiger partial charge in [0, 0.05) is 11.7 Å². The van der Waals surface area contributed by atoms with E-state index in [1.807, 2.05) is 36.4 Å². The summed E-state index contributed by atoms with van der Waals surface area (Å²) in [5.41, 5.74) is 2.18. The molecule has 0 saturated heterocycles. The first kappa shape index (κ1) is 16.4. The van der Waals surface area contributed by atoms with E-state index in [-0.39, 0.29) is 5.56 Å². The van der Waals surface area contributed by atoms with Crippen LogP contribution < -0.4 is 5.56 Å². The van der Waals surface area contributed by atoms with Crippen molar-refractivity contribution in [2.45, 2.75) is 13.0 Å². The number of pyridine rings is 2. The fourth-order valence-corrected chi connectivity index (χ4v) is 3.39. The summed E-state index contributed by atoms with van der Waals surface area (Å²) in [6.07, 6.45) is 1.92. The first-order chi connectivity index (χ1) is 11.4. The van der Waals surface area contributed by atoms with Gasteiger partial charge in [-0.05, 0) is 36.2 Å². The highest BCUT2D eigenvalue weighted by Gasteiger charge is 2.21. The fourth-order valence-electron chi connectivity index (χ4n) is 2.76. The summed E-state index contributed by atoms with van der Waals surface area (Å²) in [5, 5.41) is 0. The van der Waals surface area contributed by atoms with Crippen LogP contribution in [0.5, 0.6) is 0 Å². The van der Waals surface area contributed by atoms with Crippen LogP contribution in [0.4, 0.5) is 0 Å². The Hall–Kier alpha value is -2.44. The second-order valence-corrected chi connectivity index (χ2v) is 7.18. The van der Waals surface area contributed by atoms with Crippen LogP contribution in [0.2, 0.25) is 0 Å². The van der Waals surface area contributed by atoms with Crippen LogP contribution in [0, 0.1) is 0 Å². The second-order valence-electron chi connectivity index (χ2n) is 5.58. The Morgan fingerprint density at radius 3 is 2.38 bits per heavy atom. The van der Waals surface area contributed by atoms with E-state index in [9.17, 15) is 13.2 Å². The van der Waals surface area contributed by atoms with Crippen molar-refractivity contribution in [2.24, 2.45) is 0 Å². The van der Waals surface area contributed by atoms with Gasteiger partial charge in [0.1, 0.15) is 6.10 Å². The monoisotopic (exact) mass is 343 g/mol. The maximum absolute atomic E-state index is 13.0. The summed E-state index contributed by atoms with van der Waals surface area (Å²) in [7, 11) is -3.65. The van der Waals surface area contributed by atoms with Gasteiger partial charge in [-0.3, -0.25) is 13.4 Å². The molecule has 124 valence electrons. The minimum Gasteiger partial charge on any atom is -0.284 e. The van der Waals surface area contributed by atoms with Crippen molar-refractivity contribution in [3.8, 4) is 11.1 Å². The fraction of sp³-hybridized carbons (Fsp3) is 0.167. The van der Waals surface area contributed by atoms with Crippen molar-refractivity contribution >= 4 is 15.6 Å². The summed E-state index contributed by atoms with van der Waals surface area (Å²) in [4.78, 5) is 13.0. The molecular weight excluding hydrogens is 326 g/mol. The molecule has 3 aromatic rings. The number of fused-ring (bicyclic) bond motifs is 1. The smallest absolute Gasteiger partial charge is 0.264 e. The summed E-state index contributed by atoms with van der Waals surface area (Å²) in [6, 6.07) is 16.4. The van der Waals surface area contributed by atoms with Gasteiger partial charge in [0.25, 0.3) is 15.7 Å². The average Bonchev–Trinajstić information content (AvgIpc) is 2.54. The average molecular weight is 343 g/mol. The maximum atomic E-state index is 13.0. The number of hydrogen-bond donors (Lipinski definition) is 0. The summed E-state index contributed by atoms with van der Waals surface area (Å²) in [5.74, 6) is 0. The van der Waals surface area contributed by atoms with E-state index in [0.717, 1.165) is 11.8 Å². The van der Waals surface area contributed by atoms with Crippen LogP contribution in [0.3, 0.4) is 0 Å². The van der Waals surface area contributed by atoms with E-state index in [1.54, 1.807) is 35.7 Å². The van der Waals surface area contributed by atoms with Gasteiger partial charge < -0.3 is 0 Å². The molecule has 5 nitrogen and oxygen atoms in total. The van der Waals surface area contributed by atoms with Gasteiger partial charge in [-0.2, -0.15) is 8.42 Å². The highest BCUT2D eigenvalue weighted by Crippen LogP contribution is 2.29. The SMILES string of the molecule is CC(OS(C)(=O)=O)c1cc2ccccn2c(=O)c1-c1ccccc1. The van der Waals surface area contributed by atoms with Gasteiger partial charge in [-0.25, -0.2) is 0 Å². The molecule has 0 radical (unpaired) electrons. The molecule has 1 unspecified atom stereocenters. The molecule has 2 heterocycles. The van der Waals surface area contributed by atoms with Gasteiger partial charge in [0.2, 0.25) is 0 Å². The highest BCUT2D eigenvalue weighted by molar-refractivity contribution is 7.86. The molecule has 0 aliphatic carbocycles. The lowest BCUT2D eigenvalue weighted by Crippen LogP contribution is -2.20. The molecule has 0 N–H and O–H groups in total. The van der Waals surface area contributed by atoms with Crippen LogP contribution in [-0.4, -0.2) is 19.1 Å². The molecule has 0 aliphatic heterocycles. The standard InChI is InChI=1S/C18H17NO4S/c1-13(23-24(2,21)22)16-12-15-10-6-7-11-19(15)18(20)17(16)14-8-4-3-5-9-14/h3-13H,1-2H3. The minimum absolute atomic E-state index is 0.210. The second kappa shape index (κ2) is 6.22. The lowest BCUT2D eigenvalue weighted by Gasteiger charge is -2.17. The first-order valence-corrected chi connectivity index (χ1v) is 9.26. The third-order valence-corrected chi connectivity index (χ3v) is 4.37. The summed E-state index contributed by atoms with van der Waals surface area (Å²) in [6.45, 7) is 1.63. The number of rotatable bonds is 4. The van der Waals surface area contributed by atoms with E-state index in [4.69, 9.17) is 4.18 Å². The molecule has 0 saturated carbocycles. The third kappa shape index (κ3) is 3.25. The number of benzene rings is 1. The molecule has 0 fully saturated rings. The van der Waals surface area contributed by atoms with Crippen molar-refractivity contribution in [1.29, 1.82) is 0 Å². The van der Waals surface area contributed by atoms with Crippen molar-refractivity contribution in [3.05, 3.63) is 76.7 Å². The zero-order valence-electron chi connectivity index (χ0n) is 13.3. The Morgan fingerprint density at radius 2 is 1.71 bits per heavy atom. The Morgan fingerprint density at radius 1 is 1.04 bits per heavy atom. The molecule has 1 atom stereocenters. The molecule has 0 spiro atoms. The number of aromatic nitrogens is 1. The first-order valence-electron chi connectivity index (χ1n) is 7.45. The largest absolute Gasteiger partial charge is 0.284 e. The molecule has 3 rings (SSSR count). The molecular formula is C18H17NO4S. The molecule has 0 amide bonds. The predicted molar refractivity (Wildman–Crippen MR) is 93.4 cm³/mol. The van der Waals surface area contributed by atoms with Crippen LogP contribution >= 0.6 is 0 Å². The van der Waals surface area contributed by atoms with Crippen molar-refractivity contribution in [2.75, 3.05) is 6.26 Å². The summed E-state index contributed by atoms with van der Waals surface area (Å²) >= 11 is 0. The van der Waals surface area contributed by atoms with Gasteiger partial charge in [-0.1, -0.05) is 36.4 Å². The molecule has 24 heavy (non-hydrogen) atoms. The normalized spacial score (nSPS) is 13.1. The Balaban J connectivity index is 2.32. The number of hydrogen-bond acceptors (Lipinski definition) is 4. The Bertz CT molecular complexity index is 1040. The van der Waals surface area contributed by atoms with Crippen molar-refractivity contribution < 1.29 is 12.6 Å². The van der Waals surface area contributed by atoms with E-state index in [0.29, 0.717) is 16.6 Å². The lowest BCUT2D eigenvalue weighted by molar-refractivity contribution is 0.237. The van der Waals surface area contributed by atoms with Crippen LogP contribution in [0.25, 0.3) is 16.6 Å². The van der Waals surface area contributed by atoms with Gasteiger partial charge in [0.05, 0.1) is 11.8 Å². The summed E-state index contributed by atoms with van der Waals surface area (Å²) < 4.78 is 29.7. The predicted octanol–water partition coefficient (Wildman–Crippen LogP) is 3.00. The zero-order valence-corrected chi connectivity index (χ0v) is 14.2. The topological polar surface area (TPSA) is 64.8 Å². The highest BCUT2D eigenvalue weighted by atomic mass is 32.2. The quantitative estimate of drug-likeness (QED) is 0.683. The molecule has 0 bridgehead atoms. The van der Waals surface area contributed by atoms with E-state index in [2.05, 4.69) is 0 Å². The van der Waals surface area contributed by atoms with Crippen molar-refractivity contribution in [3.63, 3.8) is 0 Å². The molecule has 0 aliphatic rings. The van der Waals surface area contributed by atoms with Gasteiger partial charge >= 0.3 is 0 Å². The van der Waals surface area contributed by atoms with Crippen LogP contribution in [-0.2, 0) is 14.3 Å². The maximum Gasteiger partial charge on any atom is 0.264 e. The Kier molecular flexibility index (Phi) is 4.26. The van der Waals surface area contributed by atoms with E-state index >= 15 is 0 Å². The Labute approximate surface area is 140 Å². The zero-order chi connectivity index (χ0) is 17.3. The third-order valence-electron chi connectivity index (χ3n) is 3.74. The number of nitrogens with zero attached hydrogens (tertiary/aromatic N) is 1. The van der Waals surface area contributed by atoms with Gasteiger partial charge in [0.15, 0.2) is 0 Å². The van der Waals surface area contributed by atoms with Crippen LogP contribution in [0.1, 0.15) is 18.6 Å². The van der Waals surface area contributed by atoms with E-state index in [1.165, 1.54) is 0 Å². The minimum atomic E-state index is -3.65. The molecule has 2 aromatic heterocycles. The van der Waals surface area contributed by atoms with E-state index < -0.39 is 16.2 Å². The molecule has 1 aromatic carbocycles. The molecule has 6 heteroatoms. The van der Waals surface area contributed by atoms with Crippen molar-refractivity contribution in [1.82, 2.24) is 4.40 Å². The lowest BCUT2D eigenvalue weighted by atomic mass is 9.98.